The van der Waals surface area contributed by atoms with Crippen LogP contribution in [0, 0.1) is 6.92 Å². The molecule has 0 saturated carbocycles. The fourth-order valence-electron chi connectivity index (χ4n) is 2.17. The molecule has 2 rings (SSSR count). The fraction of sp³-hybridized carbons (Fsp3) is 0.400. The Balaban J connectivity index is 2.02. The molecule has 2 aromatic rings. The Morgan fingerprint density at radius 3 is 2.84 bits per heavy atom. The highest BCUT2D eigenvalue weighted by Crippen LogP contribution is 2.18. The third-order valence-corrected chi connectivity index (χ3v) is 3.72. The van der Waals surface area contributed by atoms with E-state index in [4.69, 9.17) is 0 Å². The summed E-state index contributed by atoms with van der Waals surface area (Å²) in [5.41, 5.74) is 3.60. The van der Waals surface area contributed by atoms with Crippen LogP contribution >= 0.6 is 15.9 Å². The van der Waals surface area contributed by atoms with Crippen LogP contribution in [0.4, 0.5) is 0 Å². The highest BCUT2D eigenvalue weighted by Gasteiger charge is 2.08. The molecular weight excluding hydrogens is 302 g/mol. The average Bonchev–Trinajstić information content (AvgIpc) is 2.76. The number of benzene rings is 1. The van der Waals surface area contributed by atoms with Crippen LogP contribution in [0.15, 0.2) is 34.8 Å². The van der Waals surface area contributed by atoms with E-state index >= 15 is 0 Å². The summed E-state index contributed by atoms with van der Waals surface area (Å²) in [6.07, 6.45) is 0. The molecule has 0 aliphatic rings. The van der Waals surface area contributed by atoms with E-state index in [1.165, 1.54) is 11.3 Å². The molecule has 1 aromatic heterocycles. The molecule has 0 saturated heterocycles. The predicted octanol–water partition coefficient (Wildman–Crippen LogP) is 3.82. The summed E-state index contributed by atoms with van der Waals surface area (Å²) < 4.78 is 3.17. The third kappa shape index (κ3) is 3.67. The lowest BCUT2D eigenvalue weighted by atomic mass is 10.1. The van der Waals surface area contributed by atoms with Gasteiger partial charge in [-0.3, -0.25) is 4.68 Å². The number of nitrogens with one attached hydrogen (secondary N) is 1. The second-order valence-corrected chi connectivity index (χ2v) is 5.67. The lowest BCUT2D eigenvalue weighted by Crippen LogP contribution is -2.20. The smallest absolute Gasteiger partial charge is 0.0597 e. The fourth-order valence-corrected chi connectivity index (χ4v) is 2.58. The molecule has 0 aliphatic carbocycles. The van der Waals surface area contributed by atoms with E-state index in [0.717, 1.165) is 23.3 Å². The molecule has 0 unspecified atom stereocenters. The molecule has 0 spiro atoms. The van der Waals surface area contributed by atoms with Crippen LogP contribution in [0.1, 0.15) is 36.8 Å². The molecule has 1 N–H and O–H groups in total. The maximum atomic E-state index is 4.46. The van der Waals surface area contributed by atoms with Gasteiger partial charge in [0.2, 0.25) is 0 Å². The van der Waals surface area contributed by atoms with Crippen molar-refractivity contribution in [2.45, 2.75) is 39.9 Å². The van der Waals surface area contributed by atoms with Gasteiger partial charge in [-0.05, 0) is 44.5 Å². The van der Waals surface area contributed by atoms with Crippen molar-refractivity contribution < 1.29 is 0 Å². The molecular formula is C15H20BrN3. The third-order valence-electron chi connectivity index (χ3n) is 3.22. The highest BCUT2D eigenvalue weighted by molar-refractivity contribution is 9.10. The number of rotatable bonds is 5. The van der Waals surface area contributed by atoms with Gasteiger partial charge in [0.1, 0.15) is 0 Å². The van der Waals surface area contributed by atoms with Gasteiger partial charge in [0.15, 0.2) is 0 Å². The predicted molar refractivity (Wildman–Crippen MR) is 82.0 cm³/mol. The lowest BCUT2D eigenvalue weighted by Gasteiger charge is -2.15. The second kappa shape index (κ2) is 6.35. The summed E-state index contributed by atoms with van der Waals surface area (Å²) in [7, 11) is 0. The summed E-state index contributed by atoms with van der Waals surface area (Å²) >= 11 is 3.51. The van der Waals surface area contributed by atoms with Gasteiger partial charge in [0, 0.05) is 23.6 Å². The first-order valence-corrected chi connectivity index (χ1v) is 7.41. The van der Waals surface area contributed by atoms with Crippen molar-refractivity contribution in [2.75, 3.05) is 0 Å². The van der Waals surface area contributed by atoms with E-state index in [2.05, 4.69) is 69.1 Å². The van der Waals surface area contributed by atoms with Crippen molar-refractivity contribution in [1.29, 1.82) is 0 Å². The van der Waals surface area contributed by atoms with Crippen molar-refractivity contribution >= 4 is 15.9 Å². The van der Waals surface area contributed by atoms with Crippen LogP contribution < -0.4 is 5.32 Å². The van der Waals surface area contributed by atoms with E-state index in [-0.39, 0.29) is 0 Å². The van der Waals surface area contributed by atoms with Crippen LogP contribution in [-0.2, 0) is 13.1 Å². The highest BCUT2D eigenvalue weighted by atomic mass is 79.9. The van der Waals surface area contributed by atoms with Gasteiger partial charge in [-0.25, -0.2) is 0 Å². The summed E-state index contributed by atoms with van der Waals surface area (Å²) in [4.78, 5) is 0. The summed E-state index contributed by atoms with van der Waals surface area (Å²) in [5, 5.41) is 8.01. The monoisotopic (exact) mass is 321 g/mol. The minimum atomic E-state index is 0.318. The summed E-state index contributed by atoms with van der Waals surface area (Å²) in [6, 6.07) is 10.9. The van der Waals surface area contributed by atoms with Crippen LogP contribution in [0.25, 0.3) is 0 Å². The second-order valence-electron chi connectivity index (χ2n) is 4.75. The zero-order valence-electron chi connectivity index (χ0n) is 11.7. The molecule has 19 heavy (non-hydrogen) atoms. The van der Waals surface area contributed by atoms with Crippen molar-refractivity contribution in [1.82, 2.24) is 15.1 Å². The normalized spacial score (nSPS) is 12.6. The first-order chi connectivity index (χ1) is 9.10. The summed E-state index contributed by atoms with van der Waals surface area (Å²) in [5.74, 6) is 0. The van der Waals surface area contributed by atoms with Gasteiger partial charge in [-0.15, -0.1) is 0 Å². The van der Waals surface area contributed by atoms with Crippen LogP contribution in [0.5, 0.6) is 0 Å². The Kier molecular flexibility index (Phi) is 4.77. The Morgan fingerprint density at radius 1 is 1.37 bits per heavy atom. The quantitative estimate of drug-likeness (QED) is 0.907. The molecule has 102 valence electrons. The molecule has 0 bridgehead atoms. The summed E-state index contributed by atoms with van der Waals surface area (Å²) in [6.45, 7) is 8.08. The standard InChI is InChI=1S/C15H20BrN3/c1-4-19-15(8-11(2)18-19)10-17-12(3)13-6-5-7-14(16)9-13/h5-9,12,17H,4,10H2,1-3H3/t12-/m0/s1. The molecule has 1 aromatic carbocycles. The molecule has 4 heteroatoms. The Bertz CT molecular complexity index is 548. The van der Waals surface area contributed by atoms with E-state index in [1.807, 2.05) is 13.0 Å². The van der Waals surface area contributed by atoms with Gasteiger partial charge < -0.3 is 5.32 Å². The average molecular weight is 322 g/mol. The van der Waals surface area contributed by atoms with Crippen LogP contribution in [-0.4, -0.2) is 9.78 Å². The van der Waals surface area contributed by atoms with Gasteiger partial charge in [-0.2, -0.15) is 5.10 Å². The number of aromatic nitrogens is 2. The molecule has 0 fully saturated rings. The number of aryl methyl sites for hydroxylation is 2. The van der Waals surface area contributed by atoms with Crippen LogP contribution in [0.2, 0.25) is 0 Å². The minimum absolute atomic E-state index is 0.318. The van der Waals surface area contributed by atoms with E-state index in [0.29, 0.717) is 6.04 Å². The SMILES string of the molecule is CCn1nc(C)cc1CN[C@@H](C)c1cccc(Br)c1. The van der Waals surface area contributed by atoms with E-state index < -0.39 is 0 Å². The number of nitrogens with zero attached hydrogens (tertiary/aromatic N) is 2. The number of halogens is 1. The van der Waals surface area contributed by atoms with Gasteiger partial charge in [0.05, 0.1) is 11.4 Å². The molecule has 1 heterocycles. The van der Waals surface area contributed by atoms with Gasteiger partial charge >= 0.3 is 0 Å². The van der Waals surface area contributed by atoms with Crippen molar-refractivity contribution in [2.24, 2.45) is 0 Å². The van der Waals surface area contributed by atoms with Crippen molar-refractivity contribution in [3.63, 3.8) is 0 Å². The zero-order chi connectivity index (χ0) is 13.8. The minimum Gasteiger partial charge on any atom is -0.305 e. The molecule has 3 nitrogen and oxygen atoms in total. The molecule has 0 amide bonds. The Morgan fingerprint density at radius 2 is 2.16 bits per heavy atom. The zero-order valence-corrected chi connectivity index (χ0v) is 13.2. The molecule has 1 atom stereocenters. The first-order valence-electron chi connectivity index (χ1n) is 6.62. The van der Waals surface area contributed by atoms with Crippen molar-refractivity contribution in [3.8, 4) is 0 Å². The van der Waals surface area contributed by atoms with E-state index in [9.17, 15) is 0 Å². The topological polar surface area (TPSA) is 29.9 Å². The molecule has 0 radical (unpaired) electrons. The lowest BCUT2D eigenvalue weighted by molar-refractivity contribution is 0.531. The largest absolute Gasteiger partial charge is 0.305 e. The molecule has 0 aliphatic heterocycles. The maximum absolute atomic E-state index is 4.46. The first kappa shape index (κ1) is 14.3. The number of hydrogen-bond donors (Lipinski definition) is 1. The Hall–Kier alpha value is -1.13. The van der Waals surface area contributed by atoms with Gasteiger partial charge in [-0.1, -0.05) is 28.1 Å². The Labute approximate surface area is 123 Å². The van der Waals surface area contributed by atoms with Crippen molar-refractivity contribution in [3.05, 3.63) is 51.8 Å². The number of hydrogen-bond acceptors (Lipinski definition) is 2. The van der Waals surface area contributed by atoms with Gasteiger partial charge in [0.25, 0.3) is 0 Å². The van der Waals surface area contributed by atoms with E-state index in [1.54, 1.807) is 0 Å². The van der Waals surface area contributed by atoms with Crippen LogP contribution in [0.3, 0.4) is 0 Å². The maximum Gasteiger partial charge on any atom is 0.0597 e.